The summed E-state index contributed by atoms with van der Waals surface area (Å²) in [6.45, 7) is 4.41. The second-order valence-electron chi connectivity index (χ2n) is 4.88. The van der Waals surface area contributed by atoms with Crippen molar-refractivity contribution in [1.29, 1.82) is 0 Å². The highest BCUT2D eigenvalue weighted by molar-refractivity contribution is 9.11. The van der Waals surface area contributed by atoms with E-state index >= 15 is 0 Å². The van der Waals surface area contributed by atoms with E-state index in [2.05, 4.69) is 53.1 Å². The van der Waals surface area contributed by atoms with Crippen LogP contribution in [-0.2, 0) is 6.54 Å². The molecule has 6 heteroatoms. The van der Waals surface area contributed by atoms with Crippen molar-refractivity contribution < 1.29 is 0 Å². The predicted molar refractivity (Wildman–Crippen MR) is 88.8 cm³/mol. The largest absolute Gasteiger partial charge is 0.319 e. The summed E-state index contributed by atoms with van der Waals surface area (Å²) >= 11 is 7.03. The van der Waals surface area contributed by atoms with Crippen LogP contribution in [0, 0.1) is 5.92 Å². The first-order valence-electron chi connectivity index (χ1n) is 6.36. The summed E-state index contributed by atoms with van der Waals surface area (Å²) in [6, 6.07) is 2.07. The maximum atomic E-state index is 4.49. The molecule has 0 spiro atoms. The minimum atomic E-state index is 0. The minimum absolute atomic E-state index is 0. The molecule has 0 aromatic carbocycles. The number of halogens is 3. The molecule has 0 bridgehead atoms. The van der Waals surface area contributed by atoms with E-state index in [1.54, 1.807) is 0 Å². The summed E-state index contributed by atoms with van der Waals surface area (Å²) in [5.41, 5.74) is 1.13. The first-order chi connectivity index (χ1) is 8.69. The van der Waals surface area contributed by atoms with Gasteiger partial charge >= 0.3 is 0 Å². The fourth-order valence-electron chi connectivity index (χ4n) is 2.52. The average molecular weight is 414 g/mol. The molecule has 1 aromatic rings. The Morgan fingerprint density at radius 1 is 1.47 bits per heavy atom. The molecule has 1 aliphatic heterocycles. The summed E-state index contributed by atoms with van der Waals surface area (Å²) in [7, 11) is 2.03. The van der Waals surface area contributed by atoms with E-state index in [4.69, 9.17) is 0 Å². The van der Waals surface area contributed by atoms with Crippen LogP contribution in [0.1, 0.15) is 18.5 Å². The van der Waals surface area contributed by atoms with E-state index in [1.165, 1.54) is 25.9 Å². The highest BCUT2D eigenvalue weighted by Crippen LogP contribution is 2.23. The van der Waals surface area contributed by atoms with Gasteiger partial charge in [0, 0.05) is 28.2 Å². The smallest absolute Gasteiger partial charge is 0.0686 e. The molecule has 1 fully saturated rings. The lowest BCUT2D eigenvalue weighted by Gasteiger charge is -2.32. The van der Waals surface area contributed by atoms with Crippen molar-refractivity contribution in [2.45, 2.75) is 19.4 Å². The Bertz CT molecular complexity index is 401. The van der Waals surface area contributed by atoms with Gasteiger partial charge in [-0.1, -0.05) is 0 Å². The van der Waals surface area contributed by atoms with Crippen LogP contribution in [0.3, 0.4) is 0 Å². The van der Waals surface area contributed by atoms with Gasteiger partial charge in [0.1, 0.15) is 0 Å². The molecule has 0 amide bonds. The Morgan fingerprint density at radius 3 is 2.95 bits per heavy atom. The number of hydrogen-bond acceptors (Lipinski definition) is 3. The van der Waals surface area contributed by atoms with Crippen LogP contribution in [0.15, 0.2) is 21.2 Å². The summed E-state index contributed by atoms with van der Waals surface area (Å²) < 4.78 is 2.11. The first kappa shape index (κ1) is 17.4. The number of hydrogen-bond donors (Lipinski definition) is 1. The van der Waals surface area contributed by atoms with E-state index in [-0.39, 0.29) is 12.4 Å². The molecule has 3 nitrogen and oxygen atoms in total. The molecule has 1 saturated heterocycles. The highest BCUT2D eigenvalue weighted by atomic mass is 79.9. The predicted octanol–water partition coefficient (Wildman–Crippen LogP) is 3.46. The van der Waals surface area contributed by atoms with Gasteiger partial charge in [-0.05, 0) is 76.8 Å². The van der Waals surface area contributed by atoms with Crippen LogP contribution < -0.4 is 5.32 Å². The van der Waals surface area contributed by atoms with Crippen LogP contribution in [0.4, 0.5) is 0 Å². The van der Waals surface area contributed by atoms with E-state index < -0.39 is 0 Å². The first-order valence-corrected chi connectivity index (χ1v) is 7.94. The Morgan fingerprint density at radius 2 is 2.26 bits per heavy atom. The third kappa shape index (κ3) is 5.31. The van der Waals surface area contributed by atoms with E-state index in [0.29, 0.717) is 0 Å². The normalized spacial score (nSPS) is 20.1. The van der Waals surface area contributed by atoms with Crippen molar-refractivity contribution in [1.82, 2.24) is 15.2 Å². The van der Waals surface area contributed by atoms with Crippen molar-refractivity contribution in [3.63, 3.8) is 0 Å². The van der Waals surface area contributed by atoms with E-state index in [1.807, 2.05) is 13.2 Å². The van der Waals surface area contributed by atoms with Gasteiger partial charge in [-0.2, -0.15) is 0 Å². The minimum Gasteiger partial charge on any atom is -0.319 e. The van der Waals surface area contributed by atoms with Gasteiger partial charge in [-0.15, -0.1) is 12.4 Å². The van der Waals surface area contributed by atoms with Crippen LogP contribution >= 0.6 is 44.3 Å². The third-order valence-electron chi connectivity index (χ3n) is 3.35. The third-order valence-corrected chi connectivity index (χ3v) is 4.47. The van der Waals surface area contributed by atoms with Crippen molar-refractivity contribution in [3.05, 3.63) is 26.9 Å². The fourth-order valence-corrected chi connectivity index (χ4v) is 3.63. The Hall–Kier alpha value is 0.320. The van der Waals surface area contributed by atoms with Crippen LogP contribution in [0.25, 0.3) is 0 Å². The number of pyridine rings is 1. The second kappa shape index (κ2) is 8.57. The summed E-state index contributed by atoms with van der Waals surface area (Å²) in [5, 5.41) is 3.28. The molecule has 108 valence electrons. The number of likely N-dealkylation sites (tertiary alicyclic amines) is 1. The Balaban J connectivity index is 0.00000180. The Kier molecular flexibility index (Phi) is 7.84. The van der Waals surface area contributed by atoms with Crippen molar-refractivity contribution in [2.24, 2.45) is 5.92 Å². The van der Waals surface area contributed by atoms with Crippen LogP contribution in [0.2, 0.25) is 0 Å². The highest BCUT2D eigenvalue weighted by Gasteiger charge is 2.20. The zero-order valence-electron chi connectivity index (χ0n) is 11.0. The van der Waals surface area contributed by atoms with Crippen molar-refractivity contribution >= 4 is 44.3 Å². The standard InChI is InChI=1S/C13H19Br2N3.ClH/c1-16-6-10-3-2-4-18(8-10)9-13-12(15)5-11(14)7-17-13;/h5,7,10,16H,2-4,6,8-9H2,1H3;1H. The van der Waals surface area contributed by atoms with Gasteiger partial charge in [-0.25, -0.2) is 0 Å². The van der Waals surface area contributed by atoms with Crippen molar-refractivity contribution in [3.8, 4) is 0 Å². The molecule has 1 N–H and O–H groups in total. The fraction of sp³-hybridized carbons (Fsp3) is 0.615. The molecule has 1 atom stereocenters. The maximum Gasteiger partial charge on any atom is 0.0686 e. The zero-order valence-corrected chi connectivity index (χ0v) is 15.0. The molecule has 1 unspecified atom stereocenters. The monoisotopic (exact) mass is 411 g/mol. The van der Waals surface area contributed by atoms with Gasteiger partial charge < -0.3 is 5.32 Å². The van der Waals surface area contributed by atoms with Gasteiger partial charge in [-0.3, -0.25) is 9.88 Å². The second-order valence-corrected chi connectivity index (χ2v) is 6.65. The number of nitrogens with zero attached hydrogens (tertiary/aromatic N) is 2. The van der Waals surface area contributed by atoms with Gasteiger partial charge in [0.2, 0.25) is 0 Å². The maximum absolute atomic E-state index is 4.49. The number of rotatable bonds is 4. The van der Waals surface area contributed by atoms with Gasteiger partial charge in [0.15, 0.2) is 0 Å². The topological polar surface area (TPSA) is 28.2 Å². The molecule has 1 aliphatic rings. The summed E-state index contributed by atoms with van der Waals surface area (Å²) in [6.07, 6.45) is 4.50. The zero-order chi connectivity index (χ0) is 13.0. The summed E-state index contributed by atoms with van der Waals surface area (Å²) in [5.74, 6) is 0.776. The SMILES string of the molecule is CNCC1CCCN(Cc2ncc(Br)cc2Br)C1.Cl. The van der Waals surface area contributed by atoms with E-state index in [9.17, 15) is 0 Å². The molecular formula is C13H20Br2ClN3. The molecule has 1 aromatic heterocycles. The van der Waals surface area contributed by atoms with E-state index in [0.717, 1.165) is 33.6 Å². The molecule has 0 radical (unpaired) electrons. The van der Waals surface area contributed by atoms with Crippen LogP contribution in [0.5, 0.6) is 0 Å². The molecule has 0 aliphatic carbocycles. The summed E-state index contributed by atoms with van der Waals surface area (Å²) in [4.78, 5) is 7.00. The number of piperidine rings is 1. The van der Waals surface area contributed by atoms with Gasteiger partial charge in [0.25, 0.3) is 0 Å². The van der Waals surface area contributed by atoms with Gasteiger partial charge in [0.05, 0.1) is 5.69 Å². The lowest BCUT2D eigenvalue weighted by Crippen LogP contribution is -2.38. The molecule has 2 heterocycles. The lowest BCUT2D eigenvalue weighted by molar-refractivity contribution is 0.165. The molecule has 19 heavy (non-hydrogen) atoms. The molecular weight excluding hydrogens is 393 g/mol. The average Bonchev–Trinajstić information content (AvgIpc) is 2.34. The Labute approximate surface area is 138 Å². The molecule has 2 rings (SSSR count). The van der Waals surface area contributed by atoms with Crippen LogP contribution in [-0.4, -0.2) is 36.6 Å². The number of nitrogens with one attached hydrogen (secondary N) is 1. The number of aromatic nitrogens is 1. The van der Waals surface area contributed by atoms with Crippen molar-refractivity contribution in [2.75, 3.05) is 26.7 Å². The molecule has 0 saturated carbocycles. The quantitative estimate of drug-likeness (QED) is 0.819. The lowest BCUT2D eigenvalue weighted by atomic mass is 9.98.